The molecule has 1 N–H and O–H groups in total. The summed E-state index contributed by atoms with van der Waals surface area (Å²) in [5.41, 5.74) is 0. The Morgan fingerprint density at radius 3 is 2.89 bits per heavy atom. The molecule has 0 saturated carbocycles. The Bertz CT molecular complexity index is 217. The van der Waals surface area contributed by atoms with Crippen molar-refractivity contribution in [1.82, 2.24) is 5.32 Å². The van der Waals surface area contributed by atoms with Crippen LogP contribution in [0.1, 0.15) is 10.9 Å². The molecule has 1 atom stereocenters. The summed E-state index contributed by atoms with van der Waals surface area (Å²) in [5.74, 6) is 0. The first-order valence-corrected chi connectivity index (χ1v) is 4.04. The fourth-order valence-electron chi connectivity index (χ4n) is 0.776. The molecule has 0 bridgehead atoms. The Morgan fingerprint density at radius 2 is 2.44 bits per heavy atom. The van der Waals surface area contributed by atoms with Crippen LogP contribution in [0.25, 0.3) is 0 Å². The van der Waals surface area contributed by atoms with Crippen molar-refractivity contribution < 1.29 is 0 Å². The number of hydrogen-bond acceptors (Lipinski definition) is 2. The van der Waals surface area contributed by atoms with Gasteiger partial charge in [0.25, 0.3) is 0 Å². The average molecular weight is 160 g/mol. The Labute approximate surface area is 62.6 Å². The zero-order valence-electron chi connectivity index (χ0n) is 4.73. The highest BCUT2D eigenvalue weighted by Crippen LogP contribution is 2.30. The van der Waals surface area contributed by atoms with Crippen molar-refractivity contribution in [2.75, 3.05) is 6.54 Å². The number of nitrogens with one attached hydrogen (secondary N) is 1. The van der Waals surface area contributed by atoms with E-state index < -0.39 is 0 Å². The van der Waals surface area contributed by atoms with Gasteiger partial charge in [-0.25, -0.2) is 0 Å². The summed E-state index contributed by atoms with van der Waals surface area (Å²) >= 11 is 7.38. The predicted molar refractivity (Wildman–Crippen MR) is 40.1 cm³/mol. The third-order valence-corrected chi connectivity index (χ3v) is 2.69. The van der Waals surface area contributed by atoms with Crippen molar-refractivity contribution >= 4 is 22.9 Å². The van der Waals surface area contributed by atoms with E-state index in [9.17, 15) is 0 Å². The van der Waals surface area contributed by atoms with Gasteiger partial charge < -0.3 is 5.32 Å². The van der Waals surface area contributed by atoms with Gasteiger partial charge in [-0.2, -0.15) is 0 Å². The first-order valence-electron chi connectivity index (χ1n) is 2.85. The highest BCUT2D eigenvalue weighted by molar-refractivity contribution is 7.16. The summed E-state index contributed by atoms with van der Waals surface area (Å²) in [5, 5.41) is 3.22. The van der Waals surface area contributed by atoms with Crippen LogP contribution in [0.2, 0.25) is 4.34 Å². The van der Waals surface area contributed by atoms with Crippen molar-refractivity contribution in [3.05, 3.63) is 21.3 Å². The zero-order valence-corrected chi connectivity index (χ0v) is 6.30. The molecule has 9 heavy (non-hydrogen) atoms. The number of thiophene rings is 1. The summed E-state index contributed by atoms with van der Waals surface area (Å²) in [7, 11) is 0. The maximum absolute atomic E-state index is 5.72. The van der Waals surface area contributed by atoms with E-state index in [2.05, 4.69) is 11.4 Å². The minimum Gasteiger partial charge on any atom is -0.306 e. The highest BCUT2D eigenvalue weighted by Gasteiger charge is 2.23. The van der Waals surface area contributed by atoms with Gasteiger partial charge in [0.15, 0.2) is 0 Å². The lowest BCUT2D eigenvalue weighted by molar-refractivity contribution is 1.12. The molecule has 1 aliphatic heterocycles. The standard InChI is InChI=1S/C6H6ClNS/c7-6-2-1-5(9-6)4-3-8-4/h1-2,4,8H,3H2/t4-/m1/s1. The van der Waals surface area contributed by atoms with Gasteiger partial charge in [-0.1, -0.05) is 11.6 Å². The predicted octanol–water partition coefficient (Wildman–Crippen LogP) is 2.05. The Kier molecular flexibility index (Phi) is 1.25. The smallest absolute Gasteiger partial charge is 0.0931 e. The lowest BCUT2D eigenvalue weighted by atomic mass is 10.4. The van der Waals surface area contributed by atoms with Gasteiger partial charge in [-0.15, -0.1) is 11.3 Å². The molecule has 3 heteroatoms. The first-order chi connectivity index (χ1) is 4.36. The summed E-state index contributed by atoms with van der Waals surface area (Å²) in [6.07, 6.45) is 0. The molecular formula is C6H6ClNS. The third kappa shape index (κ3) is 1.11. The van der Waals surface area contributed by atoms with Crippen molar-refractivity contribution in [2.45, 2.75) is 6.04 Å². The van der Waals surface area contributed by atoms with Crippen LogP contribution in [0.3, 0.4) is 0 Å². The molecule has 0 spiro atoms. The van der Waals surface area contributed by atoms with E-state index in [1.807, 2.05) is 6.07 Å². The van der Waals surface area contributed by atoms with Crippen LogP contribution in [0.5, 0.6) is 0 Å². The Hall–Kier alpha value is -0.0500. The average Bonchev–Trinajstić information content (AvgIpc) is 2.58. The second-order valence-corrected chi connectivity index (χ2v) is 3.85. The molecule has 48 valence electrons. The van der Waals surface area contributed by atoms with Crippen LogP contribution < -0.4 is 5.32 Å². The van der Waals surface area contributed by atoms with Gasteiger partial charge in [0, 0.05) is 11.4 Å². The minimum atomic E-state index is 0.613. The molecule has 1 aliphatic rings. The first kappa shape index (κ1) is 5.71. The normalized spacial score (nSPS) is 24.3. The monoisotopic (exact) mass is 159 g/mol. The molecule has 0 aliphatic carbocycles. The van der Waals surface area contributed by atoms with Crippen molar-refractivity contribution in [3.63, 3.8) is 0 Å². The van der Waals surface area contributed by atoms with E-state index in [-0.39, 0.29) is 0 Å². The summed E-state index contributed by atoms with van der Waals surface area (Å²) in [6, 6.07) is 4.64. The van der Waals surface area contributed by atoms with Gasteiger partial charge in [0.2, 0.25) is 0 Å². The fourth-order valence-corrected chi connectivity index (χ4v) is 1.91. The molecule has 1 saturated heterocycles. The molecule has 2 heterocycles. The molecule has 0 radical (unpaired) electrons. The van der Waals surface area contributed by atoms with Crippen molar-refractivity contribution in [2.24, 2.45) is 0 Å². The van der Waals surface area contributed by atoms with Crippen LogP contribution in [0.4, 0.5) is 0 Å². The molecule has 1 aromatic heterocycles. The van der Waals surface area contributed by atoms with Crippen molar-refractivity contribution in [1.29, 1.82) is 0 Å². The van der Waals surface area contributed by atoms with E-state index >= 15 is 0 Å². The van der Waals surface area contributed by atoms with Crippen LogP contribution in [0, 0.1) is 0 Å². The van der Waals surface area contributed by atoms with E-state index in [0.29, 0.717) is 6.04 Å². The van der Waals surface area contributed by atoms with Crippen LogP contribution >= 0.6 is 22.9 Å². The Balaban J connectivity index is 2.28. The van der Waals surface area contributed by atoms with Gasteiger partial charge in [-0.05, 0) is 12.1 Å². The van der Waals surface area contributed by atoms with Gasteiger partial charge in [0.05, 0.1) is 10.4 Å². The molecule has 0 amide bonds. The number of hydrogen-bond donors (Lipinski definition) is 1. The largest absolute Gasteiger partial charge is 0.306 e. The van der Waals surface area contributed by atoms with E-state index in [0.717, 1.165) is 10.9 Å². The quantitative estimate of drug-likeness (QED) is 0.623. The number of rotatable bonds is 1. The summed E-state index contributed by atoms with van der Waals surface area (Å²) in [4.78, 5) is 1.36. The number of halogens is 1. The molecular weight excluding hydrogens is 154 g/mol. The van der Waals surface area contributed by atoms with Crippen molar-refractivity contribution in [3.8, 4) is 0 Å². The van der Waals surface area contributed by atoms with E-state index in [1.54, 1.807) is 11.3 Å². The second kappa shape index (κ2) is 1.97. The summed E-state index contributed by atoms with van der Waals surface area (Å²) < 4.78 is 0.888. The third-order valence-electron chi connectivity index (χ3n) is 1.35. The molecule has 0 unspecified atom stereocenters. The lowest BCUT2D eigenvalue weighted by Gasteiger charge is -1.81. The minimum absolute atomic E-state index is 0.613. The van der Waals surface area contributed by atoms with Gasteiger partial charge in [-0.3, -0.25) is 0 Å². The van der Waals surface area contributed by atoms with Gasteiger partial charge in [0.1, 0.15) is 0 Å². The maximum Gasteiger partial charge on any atom is 0.0931 e. The zero-order chi connectivity index (χ0) is 6.27. The van der Waals surface area contributed by atoms with Crippen LogP contribution in [0.15, 0.2) is 12.1 Å². The SMILES string of the molecule is Clc1ccc([C@H]2CN2)s1. The highest BCUT2D eigenvalue weighted by atomic mass is 35.5. The molecule has 2 rings (SSSR count). The molecule has 1 fully saturated rings. The Morgan fingerprint density at radius 1 is 1.67 bits per heavy atom. The maximum atomic E-state index is 5.72. The van der Waals surface area contributed by atoms with Crippen LogP contribution in [-0.2, 0) is 0 Å². The second-order valence-electron chi connectivity index (χ2n) is 2.10. The molecule has 0 aromatic carbocycles. The topological polar surface area (TPSA) is 21.9 Å². The van der Waals surface area contributed by atoms with Crippen LogP contribution in [-0.4, -0.2) is 6.54 Å². The lowest BCUT2D eigenvalue weighted by Crippen LogP contribution is -1.73. The summed E-state index contributed by atoms with van der Waals surface area (Å²) in [6.45, 7) is 1.12. The fraction of sp³-hybridized carbons (Fsp3) is 0.333. The van der Waals surface area contributed by atoms with E-state index in [1.165, 1.54) is 4.88 Å². The molecule has 1 aromatic rings. The van der Waals surface area contributed by atoms with Gasteiger partial charge >= 0.3 is 0 Å². The van der Waals surface area contributed by atoms with E-state index in [4.69, 9.17) is 11.6 Å². The molecule has 1 nitrogen and oxygen atoms in total.